The van der Waals surface area contributed by atoms with Gasteiger partial charge < -0.3 is 5.73 Å². The molecule has 0 spiro atoms. The van der Waals surface area contributed by atoms with E-state index in [0.29, 0.717) is 6.04 Å². The van der Waals surface area contributed by atoms with E-state index < -0.39 is 0 Å². The zero-order chi connectivity index (χ0) is 10.8. The summed E-state index contributed by atoms with van der Waals surface area (Å²) in [5.41, 5.74) is 6.08. The van der Waals surface area contributed by atoms with Gasteiger partial charge in [0.15, 0.2) is 0 Å². The Balaban J connectivity index is 1.96. The highest BCUT2D eigenvalue weighted by atomic mass is 32.2. The molecule has 0 bridgehead atoms. The average Bonchev–Trinajstić information content (AvgIpc) is 2.22. The molecule has 1 aliphatic carbocycles. The zero-order valence-corrected chi connectivity index (χ0v) is 10.8. The third-order valence-electron chi connectivity index (χ3n) is 4.09. The lowest BCUT2D eigenvalue weighted by Crippen LogP contribution is -2.52. The number of thioether (sulfide) groups is 1. The molecule has 0 amide bonds. The van der Waals surface area contributed by atoms with E-state index in [2.05, 4.69) is 30.5 Å². The molecule has 4 unspecified atom stereocenters. The van der Waals surface area contributed by atoms with Gasteiger partial charge in [0, 0.05) is 35.7 Å². The van der Waals surface area contributed by atoms with Crippen molar-refractivity contribution < 1.29 is 0 Å². The van der Waals surface area contributed by atoms with Crippen molar-refractivity contribution in [2.24, 2.45) is 5.73 Å². The molecule has 1 heterocycles. The number of hydrogen-bond acceptors (Lipinski definition) is 3. The minimum Gasteiger partial charge on any atom is -0.328 e. The van der Waals surface area contributed by atoms with Crippen LogP contribution in [0.15, 0.2) is 0 Å². The molecule has 0 aromatic heterocycles. The zero-order valence-electron chi connectivity index (χ0n) is 9.98. The van der Waals surface area contributed by atoms with Crippen molar-refractivity contribution in [3.63, 3.8) is 0 Å². The Morgan fingerprint density at radius 3 is 2.80 bits per heavy atom. The van der Waals surface area contributed by atoms with Gasteiger partial charge in [-0.25, -0.2) is 0 Å². The van der Waals surface area contributed by atoms with Crippen molar-refractivity contribution in [2.75, 3.05) is 12.3 Å². The predicted molar refractivity (Wildman–Crippen MR) is 68.3 cm³/mol. The van der Waals surface area contributed by atoms with Crippen LogP contribution in [0.4, 0.5) is 0 Å². The molecule has 88 valence electrons. The molecule has 2 aliphatic rings. The highest BCUT2D eigenvalue weighted by molar-refractivity contribution is 8.00. The molecule has 2 rings (SSSR count). The summed E-state index contributed by atoms with van der Waals surface area (Å²) in [5, 5.41) is 0.789. The van der Waals surface area contributed by atoms with Crippen molar-refractivity contribution >= 4 is 11.8 Å². The van der Waals surface area contributed by atoms with Crippen LogP contribution in [0.2, 0.25) is 0 Å². The Bertz CT molecular complexity index is 210. The van der Waals surface area contributed by atoms with E-state index in [1.165, 1.54) is 38.0 Å². The Kier molecular flexibility index (Phi) is 3.97. The SMILES string of the molecule is CC1SCCN(C2CCCC(N)C2)C1C. The first-order valence-electron chi connectivity index (χ1n) is 6.31. The number of rotatable bonds is 1. The minimum atomic E-state index is 0.459. The summed E-state index contributed by atoms with van der Waals surface area (Å²) < 4.78 is 0. The van der Waals surface area contributed by atoms with Crippen LogP contribution in [0.5, 0.6) is 0 Å². The topological polar surface area (TPSA) is 29.3 Å². The first-order valence-corrected chi connectivity index (χ1v) is 7.36. The van der Waals surface area contributed by atoms with Crippen molar-refractivity contribution in [1.82, 2.24) is 4.90 Å². The van der Waals surface area contributed by atoms with Crippen LogP contribution in [-0.2, 0) is 0 Å². The van der Waals surface area contributed by atoms with E-state index in [4.69, 9.17) is 5.73 Å². The fourth-order valence-corrected chi connectivity index (χ4v) is 4.10. The lowest BCUT2D eigenvalue weighted by molar-refractivity contribution is 0.109. The van der Waals surface area contributed by atoms with Gasteiger partial charge in [0.25, 0.3) is 0 Å². The summed E-state index contributed by atoms with van der Waals surface area (Å²) in [5.74, 6) is 1.30. The Morgan fingerprint density at radius 1 is 1.27 bits per heavy atom. The van der Waals surface area contributed by atoms with Gasteiger partial charge in [-0.3, -0.25) is 4.90 Å². The summed E-state index contributed by atoms with van der Waals surface area (Å²) >= 11 is 2.12. The van der Waals surface area contributed by atoms with Gasteiger partial charge in [-0.05, 0) is 26.2 Å². The molecule has 2 N–H and O–H groups in total. The number of nitrogens with two attached hydrogens (primary N) is 1. The van der Waals surface area contributed by atoms with Crippen LogP contribution in [0.1, 0.15) is 39.5 Å². The van der Waals surface area contributed by atoms with Gasteiger partial charge in [-0.15, -0.1) is 0 Å². The average molecular weight is 228 g/mol. The van der Waals surface area contributed by atoms with Crippen LogP contribution < -0.4 is 5.73 Å². The highest BCUT2D eigenvalue weighted by Gasteiger charge is 2.32. The molecule has 3 heteroatoms. The van der Waals surface area contributed by atoms with Gasteiger partial charge in [0.1, 0.15) is 0 Å². The summed E-state index contributed by atoms with van der Waals surface area (Å²) in [6.07, 6.45) is 5.16. The molecular formula is C12H24N2S. The second-order valence-corrected chi connectivity index (χ2v) is 6.62. The van der Waals surface area contributed by atoms with Gasteiger partial charge in [0.2, 0.25) is 0 Å². The Morgan fingerprint density at radius 2 is 2.07 bits per heavy atom. The van der Waals surface area contributed by atoms with E-state index >= 15 is 0 Å². The van der Waals surface area contributed by atoms with Gasteiger partial charge >= 0.3 is 0 Å². The Labute approximate surface area is 98.0 Å². The molecule has 15 heavy (non-hydrogen) atoms. The smallest absolute Gasteiger partial charge is 0.0187 e. The predicted octanol–water partition coefficient (Wildman–Crippen LogP) is 2.08. The van der Waals surface area contributed by atoms with E-state index in [1.807, 2.05) is 0 Å². The molecule has 0 aromatic rings. The van der Waals surface area contributed by atoms with Crippen LogP contribution in [0.3, 0.4) is 0 Å². The van der Waals surface area contributed by atoms with Gasteiger partial charge in [0.05, 0.1) is 0 Å². The quantitative estimate of drug-likeness (QED) is 0.745. The lowest BCUT2D eigenvalue weighted by atomic mass is 9.89. The van der Waals surface area contributed by atoms with Crippen molar-refractivity contribution in [3.05, 3.63) is 0 Å². The van der Waals surface area contributed by atoms with Crippen LogP contribution in [0, 0.1) is 0 Å². The normalized spacial score (nSPS) is 44.2. The van der Waals surface area contributed by atoms with Gasteiger partial charge in [-0.2, -0.15) is 11.8 Å². The fourth-order valence-electron chi connectivity index (χ4n) is 2.97. The maximum Gasteiger partial charge on any atom is 0.0187 e. The van der Waals surface area contributed by atoms with Crippen molar-refractivity contribution in [3.8, 4) is 0 Å². The van der Waals surface area contributed by atoms with E-state index in [-0.39, 0.29) is 0 Å². The van der Waals surface area contributed by atoms with Crippen molar-refractivity contribution in [2.45, 2.75) is 62.9 Å². The second-order valence-electron chi connectivity index (χ2n) is 5.13. The fraction of sp³-hybridized carbons (Fsp3) is 1.00. The van der Waals surface area contributed by atoms with E-state index in [1.54, 1.807) is 0 Å². The molecule has 0 radical (unpaired) electrons. The van der Waals surface area contributed by atoms with Crippen LogP contribution in [-0.4, -0.2) is 40.6 Å². The van der Waals surface area contributed by atoms with Crippen molar-refractivity contribution in [1.29, 1.82) is 0 Å². The summed E-state index contributed by atoms with van der Waals surface area (Å²) in [6, 6.07) is 1.96. The molecular weight excluding hydrogens is 204 g/mol. The van der Waals surface area contributed by atoms with E-state index in [9.17, 15) is 0 Å². The molecule has 2 fully saturated rings. The minimum absolute atomic E-state index is 0.459. The molecule has 1 saturated heterocycles. The molecule has 0 aromatic carbocycles. The monoisotopic (exact) mass is 228 g/mol. The van der Waals surface area contributed by atoms with E-state index in [0.717, 1.165) is 17.3 Å². The third-order valence-corrected chi connectivity index (χ3v) is 5.43. The largest absolute Gasteiger partial charge is 0.328 e. The highest BCUT2D eigenvalue weighted by Crippen LogP contribution is 2.30. The Hall–Kier alpha value is 0.270. The van der Waals surface area contributed by atoms with Crippen LogP contribution >= 0.6 is 11.8 Å². The number of hydrogen-bond donors (Lipinski definition) is 1. The molecule has 4 atom stereocenters. The van der Waals surface area contributed by atoms with Crippen LogP contribution in [0.25, 0.3) is 0 Å². The first kappa shape index (κ1) is 11.7. The summed E-state index contributed by atoms with van der Waals surface area (Å²) in [7, 11) is 0. The standard InChI is InChI=1S/C12H24N2S/c1-9-10(2)15-7-6-14(9)12-5-3-4-11(13)8-12/h9-12H,3-8,13H2,1-2H3. The number of nitrogens with zero attached hydrogens (tertiary/aromatic N) is 1. The maximum absolute atomic E-state index is 6.08. The summed E-state index contributed by atoms with van der Waals surface area (Å²) in [6.45, 7) is 6.02. The second kappa shape index (κ2) is 5.07. The maximum atomic E-state index is 6.08. The lowest BCUT2D eigenvalue weighted by Gasteiger charge is -2.45. The molecule has 1 aliphatic heterocycles. The molecule has 2 nitrogen and oxygen atoms in total. The summed E-state index contributed by atoms with van der Waals surface area (Å²) in [4.78, 5) is 2.72. The first-order chi connectivity index (χ1) is 7.18. The third kappa shape index (κ3) is 2.69. The van der Waals surface area contributed by atoms with Gasteiger partial charge in [-0.1, -0.05) is 13.3 Å². The molecule has 1 saturated carbocycles.